The Morgan fingerprint density at radius 3 is 2.68 bits per heavy atom. The number of hydrogen-bond donors (Lipinski definition) is 4. The van der Waals surface area contributed by atoms with E-state index in [1.165, 1.54) is 0 Å². The number of rotatable bonds is 6. The molecule has 2 atom stereocenters. The number of hydrogen-bond acceptors (Lipinski definition) is 9. The number of nitrogens with one attached hydrogen (secondary N) is 2. The first-order valence-electron chi connectivity index (χ1n) is 11.2. The minimum absolute atomic E-state index is 0.0166. The van der Waals surface area contributed by atoms with Gasteiger partial charge in [-0.3, -0.25) is 9.36 Å². The van der Waals surface area contributed by atoms with Gasteiger partial charge in [0.2, 0.25) is 5.95 Å². The Bertz CT molecular complexity index is 1330. The number of anilines is 3. The van der Waals surface area contributed by atoms with Gasteiger partial charge in [-0.2, -0.15) is 10.1 Å². The number of amides is 1. The fourth-order valence-electron chi connectivity index (χ4n) is 4.27. The average molecular weight is 459 g/mol. The highest BCUT2D eigenvalue weighted by Gasteiger charge is 2.24. The molecule has 0 bridgehead atoms. The van der Waals surface area contributed by atoms with Crippen LogP contribution in [0.15, 0.2) is 42.6 Å². The molecule has 34 heavy (non-hydrogen) atoms. The minimum atomic E-state index is -0.719. The number of fused-ring (bicyclic) bond motifs is 1. The molecule has 1 saturated carbocycles. The summed E-state index contributed by atoms with van der Waals surface area (Å²) in [6, 6.07) is 11.6. The van der Waals surface area contributed by atoms with E-state index in [0.717, 1.165) is 48.0 Å². The van der Waals surface area contributed by atoms with Gasteiger partial charge in [0.05, 0.1) is 11.2 Å². The van der Waals surface area contributed by atoms with Crippen LogP contribution in [0.25, 0.3) is 16.7 Å². The first kappa shape index (κ1) is 21.7. The van der Waals surface area contributed by atoms with Crippen LogP contribution >= 0.6 is 0 Å². The number of carbonyl (C=O) groups excluding carboxylic acids is 1. The normalized spacial score (nSPS) is 18.1. The summed E-state index contributed by atoms with van der Waals surface area (Å²) in [6.07, 6.45) is 6.00. The summed E-state index contributed by atoms with van der Waals surface area (Å²) in [5.41, 5.74) is 14.2. The third kappa shape index (κ3) is 4.25. The molecule has 0 saturated heterocycles. The van der Waals surface area contributed by atoms with E-state index in [1.54, 1.807) is 0 Å². The summed E-state index contributed by atoms with van der Waals surface area (Å²) in [5, 5.41) is 23.9. The molecule has 1 amide bonds. The topological polar surface area (TPSA) is 163 Å². The Hall–Kier alpha value is -4.12. The second-order valence-corrected chi connectivity index (χ2v) is 8.48. The van der Waals surface area contributed by atoms with Gasteiger partial charge < -0.3 is 22.1 Å². The maximum Gasteiger partial charge on any atom is 0.273 e. The van der Waals surface area contributed by atoms with E-state index < -0.39 is 5.91 Å². The van der Waals surface area contributed by atoms with E-state index in [-0.39, 0.29) is 23.6 Å². The molecule has 1 fully saturated rings. The van der Waals surface area contributed by atoms with Crippen LogP contribution in [-0.2, 0) is 0 Å². The van der Waals surface area contributed by atoms with Crippen molar-refractivity contribution < 1.29 is 4.79 Å². The second-order valence-electron chi connectivity index (χ2n) is 8.48. The van der Waals surface area contributed by atoms with Crippen LogP contribution in [0.4, 0.5) is 17.5 Å². The van der Waals surface area contributed by atoms with Gasteiger partial charge in [-0.15, -0.1) is 15.3 Å². The Balaban J connectivity index is 1.48. The van der Waals surface area contributed by atoms with Crippen LogP contribution in [0, 0.1) is 6.92 Å². The van der Waals surface area contributed by atoms with E-state index in [4.69, 9.17) is 11.5 Å². The zero-order valence-corrected chi connectivity index (χ0v) is 18.8. The summed E-state index contributed by atoms with van der Waals surface area (Å²) in [6.45, 7) is 1.89. The predicted octanol–water partition coefficient (Wildman–Crippen LogP) is 2.44. The minimum Gasteiger partial charge on any atom is -0.364 e. The molecule has 1 aliphatic rings. The van der Waals surface area contributed by atoms with Crippen molar-refractivity contribution in [2.45, 2.75) is 44.7 Å². The molecule has 11 heteroatoms. The number of benzene rings is 1. The van der Waals surface area contributed by atoms with Gasteiger partial charge in [-0.25, -0.2) is 0 Å². The van der Waals surface area contributed by atoms with E-state index >= 15 is 0 Å². The third-order valence-electron chi connectivity index (χ3n) is 6.07. The van der Waals surface area contributed by atoms with E-state index in [1.807, 2.05) is 54.1 Å². The molecule has 0 unspecified atom stereocenters. The van der Waals surface area contributed by atoms with Crippen LogP contribution in [0.2, 0.25) is 0 Å². The summed E-state index contributed by atoms with van der Waals surface area (Å²) < 4.78 is 1.94. The van der Waals surface area contributed by atoms with Gasteiger partial charge in [0.1, 0.15) is 0 Å². The lowest BCUT2D eigenvalue weighted by Gasteiger charge is -2.29. The molecule has 0 spiro atoms. The van der Waals surface area contributed by atoms with Crippen LogP contribution in [0.5, 0.6) is 0 Å². The van der Waals surface area contributed by atoms with Gasteiger partial charge in [0.15, 0.2) is 17.3 Å². The van der Waals surface area contributed by atoms with Gasteiger partial charge >= 0.3 is 0 Å². The lowest BCUT2D eigenvalue weighted by atomic mass is 9.91. The second kappa shape index (κ2) is 9.02. The number of aryl methyl sites for hydroxylation is 1. The number of carbonyl (C=O) groups is 1. The smallest absolute Gasteiger partial charge is 0.273 e. The van der Waals surface area contributed by atoms with E-state index in [9.17, 15) is 4.79 Å². The molecule has 3 aromatic heterocycles. The average Bonchev–Trinajstić information content (AvgIpc) is 3.26. The van der Waals surface area contributed by atoms with Crippen LogP contribution in [0.1, 0.15) is 41.9 Å². The maximum absolute atomic E-state index is 12.0. The Morgan fingerprint density at radius 1 is 1.06 bits per heavy atom. The van der Waals surface area contributed by atoms with E-state index in [0.29, 0.717) is 11.8 Å². The van der Waals surface area contributed by atoms with Gasteiger partial charge in [0, 0.05) is 29.4 Å². The third-order valence-corrected chi connectivity index (χ3v) is 6.07. The highest BCUT2D eigenvalue weighted by molar-refractivity contribution is 5.99. The molecule has 0 radical (unpaired) electrons. The Morgan fingerprint density at radius 2 is 1.91 bits per heavy atom. The van der Waals surface area contributed by atoms with Crippen molar-refractivity contribution in [3.8, 4) is 5.82 Å². The molecule has 1 aromatic carbocycles. The zero-order valence-electron chi connectivity index (χ0n) is 18.8. The highest BCUT2D eigenvalue weighted by atomic mass is 16.1. The van der Waals surface area contributed by atoms with Gasteiger partial charge in [-0.1, -0.05) is 18.9 Å². The highest BCUT2D eigenvalue weighted by Crippen LogP contribution is 2.29. The molecule has 3 heterocycles. The molecule has 5 rings (SSSR count). The van der Waals surface area contributed by atoms with Crippen molar-refractivity contribution in [1.82, 2.24) is 29.9 Å². The summed E-state index contributed by atoms with van der Waals surface area (Å²) in [7, 11) is 0. The summed E-state index contributed by atoms with van der Waals surface area (Å²) in [5.74, 6) is 0.511. The van der Waals surface area contributed by atoms with Gasteiger partial charge in [-0.05, 0) is 50.1 Å². The monoisotopic (exact) mass is 458 g/mol. The first-order valence-corrected chi connectivity index (χ1v) is 11.2. The lowest BCUT2D eigenvalue weighted by Crippen LogP contribution is -2.43. The largest absolute Gasteiger partial charge is 0.364 e. The van der Waals surface area contributed by atoms with Crippen molar-refractivity contribution >= 4 is 34.3 Å². The molecule has 11 nitrogen and oxygen atoms in total. The molecule has 1 aliphatic carbocycles. The van der Waals surface area contributed by atoms with Gasteiger partial charge in [0.25, 0.3) is 5.91 Å². The number of primary amides is 1. The summed E-state index contributed by atoms with van der Waals surface area (Å²) >= 11 is 0. The predicted molar refractivity (Wildman–Crippen MR) is 129 cm³/mol. The fourth-order valence-corrected chi connectivity index (χ4v) is 4.27. The van der Waals surface area contributed by atoms with Crippen molar-refractivity contribution in [3.63, 3.8) is 0 Å². The summed E-state index contributed by atoms with van der Waals surface area (Å²) in [4.78, 5) is 16.5. The molecule has 174 valence electrons. The lowest BCUT2D eigenvalue weighted by molar-refractivity contribution is 0.0995. The molecular weight excluding hydrogens is 432 g/mol. The first-order chi connectivity index (χ1) is 16.5. The standard InChI is InChI=1S/C23H26N10O/c1-13-9-10-19(30-29-13)33-12-11-14-16(7-4-8-18(14)33)26-22-20(21(25)34)31-32-23(28-22)27-17-6-3-2-5-15(17)24/h4,7-12,15,17H,2-3,5-6,24H2,1H3,(H2,25,34)(H2,26,27,28,32)/t15-,17+/m0/s1. The molecule has 6 N–H and O–H groups in total. The number of nitrogens with zero attached hydrogens (tertiary/aromatic N) is 6. The van der Waals surface area contributed by atoms with Crippen molar-refractivity contribution in [3.05, 3.63) is 54.0 Å². The van der Waals surface area contributed by atoms with Crippen LogP contribution in [0.3, 0.4) is 0 Å². The SMILES string of the molecule is Cc1ccc(-n2ccc3c(Nc4nc(N[C@@H]5CCCC[C@@H]5N)nnc4C(N)=O)cccc32)nn1. The fraction of sp³-hybridized carbons (Fsp3) is 0.304. The van der Waals surface area contributed by atoms with E-state index in [2.05, 4.69) is 36.0 Å². The van der Waals surface area contributed by atoms with Crippen molar-refractivity contribution in [1.29, 1.82) is 0 Å². The van der Waals surface area contributed by atoms with Crippen molar-refractivity contribution in [2.24, 2.45) is 11.5 Å². The molecule has 4 aromatic rings. The van der Waals surface area contributed by atoms with Crippen LogP contribution in [-0.4, -0.2) is 47.9 Å². The Kier molecular flexibility index (Phi) is 5.76. The molecule has 0 aliphatic heterocycles. The van der Waals surface area contributed by atoms with Crippen molar-refractivity contribution in [2.75, 3.05) is 10.6 Å². The quantitative estimate of drug-likeness (QED) is 0.340. The molecular formula is C23H26N10O. The number of nitrogens with two attached hydrogens (primary N) is 2. The van der Waals surface area contributed by atoms with Crippen LogP contribution < -0.4 is 22.1 Å². The Labute approximate surface area is 196 Å². The zero-order chi connectivity index (χ0) is 23.7. The maximum atomic E-state index is 12.0. The number of aromatic nitrogens is 6.